The van der Waals surface area contributed by atoms with Gasteiger partial charge in [0.05, 0.1) is 11.9 Å². The second kappa shape index (κ2) is 7.16. The third kappa shape index (κ3) is 4.66. The maximum atomic E-state index is 12.2. The summed E-state index contributed by atoms with van der Waals surface area (Å²) < 4.78 is 29.8. The standard InChI is InChI=1S/C13H20ClN3O5S/c1-16(2)23(20,21)8-9-6-17(7-11(9)18)13(19)4-3-10-5-12(14)15-22-10/h5,9,11,18H,3-4,6-8H2,1-2H3/t9-,11+/m0/s1. The number of carbonyl (C=O) groups is 1. The minimum absolute atomic E-state index is 0.142. The van der Waals surface area contributed by atoms with E-state index in [1.54, 1.807) is 6.07 Å². The van der Waals surface area contributed by atoms with E-state index < -0.39 is 22.0 Å². The highest BCUT2D eigenvalue weighted by atomic mass is 35.5. The molecule has 0 aliphatic carbocycles. The van der Waals surface area contributed by atoms with Crippen molar-refractivity contribution in [2.45, 2.75) is 18.9 Å². The van der Waals surface area contributed by atoms with Gasteiger partial charge in [0.15, 0.2) is 5.15 Å². The summed E-state index contributed by atoms with van der Waals surface area (Å²) in [6.07, 6.45) is -0.301. The molecule has 2 rings (SSSR count). The highest BCUT2D eigenvalue weighted by molar-refractivity contribution is 7.89. The van der Waals surface area contributed by atoms with Crippen LogP contribution in [0.15, 0.2) is 10.6 Å². The van der Waals surface area contributed by atoms with Gasteiger partial charge in [-0.1, -0.05) is 16.8 Å². The summed E-state index contributed by atoms with van der Waals surface area (Å²) in [6.45, 7) is 0.369. The van der Waals surface area contributed by atoms with Gasteiger partial charge in [0, 0.05) is 52.0 Å². The van der Waals surface area contributed by atoms with Crippen LogP contribution in [-0.2, 0) is 21.2 Å². The maximum absolute atomic E-state index is 12.2. The van der Waals surface area contributed by atoms with E-state index in [9.17, 15) is 18.3 Å². The SMILES string of the molecule is CN(C)S(=O)(=O)C[C@@H]1CN(C(=O)CCc2cc(Cl)no2)C[C@H]1O. The number of halogens is 1. The predicted octanol–water partition coefficient (Wildman–Crippen LogP) is -0.0287. The first-order chi connectivity index (χ1) is 10.7. The fourth-order valence-corrected chi connectivity index (χ4v) is 3.76. The van der Waals surface area contributed by atoms with Crippen LogP contribution in [0, 0.1) is 5.92 Å². The third-order valence-electron chi connectivity index (χ3n) is 3.86. The molecule has 0 unspecified atom stereocenters. The average Bonchev–Trinajstić information content (AvgIpc) is 3.02. The molecule has 1 aliphatic rings. The number of aryl methyl sites for hydroxylation is 1. The number of aromatic nitrogens is 1. The lowest BCUT2D eigenvalue weighted by Crippen LogP contribution is -2.33. The molecule has 23 heavy (non-hydrogen) atoms. The third-order valence-corrected chi connectivity index (χ3v) is 6.00. The van der Waals surface area contributed by atoms with Crippen molar-refractivity contribution < 1.29 is 22.8 Å². The smallest absolute Gasteiger partial charge is 0.223 e. The molecule has 1 N–H and O–H groups in total. The lowest BCUT2D eigenvalue weighted by Gasteiger charge is -2.18. The predicted molar refractivity (Wildman–Crippen MR) is 83.4 cm³/mol. The van der Waals surface area contributed by atoms with Gasteiger partial charge in [-0.15, -0.1) is 0 Å². The van der Waals surface area contributed by atoms with Crippen molar-refractivity contribution >= 4 is 27.5 Å². The van der Waals surface area contributed by atoms with Gasteiger partial charge in [-0.2, -0.15) is 0 Å². The molecular formula is C13H20ClN3O5S. The Morgan fingerprint density at radius 3 is 2.78 bits per heavy atom. The lowest BCUT2D eigenvalue weighted by atomic mass is 10.1. The Bertz CT molecular complexity index is 660. The monoisotopic (exact) mass is 365 g/mol. The minimum atomic E-state index is -3.42. The van der Waals surface area contributed by atoms with Gasteiger partial charge in [0.1, 0.15) is 5.76 Å². The van der Waals surface area contributed by atoms with E-state index in [0.29, 0.717) is 12.2 Å². The molecule has 0 aromatic carbocycles. The normalized spacial score (nSPS) is 22.0. The molecule has 0 bridgehead atoms. The van der Waals surface area contributed by atoms with Gasteiger partial charge in [-0.05, 0) is 0 Å². The molecule has 10 heteroatoms. The molecule has 1 fully saturated rings. The Labute approximate surface area is 140 Å². The fourth-order valence-electron chi connectivity index (χ4n) is 2.44. The maximum Gasteiger partial charge on any atom is 0.223 e. The molecular weight excluding hydrogens is 346 g/mol. The van der Waals surface area contributed by atoms with Gasteiger partial charge >= 0.3 is 0 Å². The van der Waals surface area contributed by atoms with Gasteiger partial charge < -0.3 is 14.5 Å². The second-order valence-electron chi connectivity index (χ2n) is 5.80. The summed E-state index contributed by atoms with van der Waals surface area (Å²) in [5, 5.41) is 13.8. The van der Waals surface area contributed by atoms with Crippen molar-refractivity contribution in [1.29, 1.82) is 0 Å². The van der Waals surface area contributed by atoms with Crippen molar-refractivity contribution in [2.24, 2.45) is 5.92 Å². The highest BCUT2D eigenvalue weighted by Gasteiger charge is 2.37. The summed E-state index contributed by atoms with van der Waals surface area (Å²) in [7, 11) is -0.526. The van der Waals surface area contributed by atoms with Crippen molar-refractivity contribution in [3.8, 4) is 0 Å². The first kappa shape index (κ1) is 18.2. The zero-order valence-electron chi connectivity index (χ0n) is 13.0. The molecule has 1 aromatic rings. The van der Waals surface area contributed by atoms with E-state index in [1.165, 1.54) is 19.0 Å². The van der Waals surface area contributed by atoms with E-state index in [0.717, 1.165) is 4.31 Å². The molecule has 2 heterocycles. The molecule has 130 valence electrons. The van der Waals surface area contributed by atoms with Crippen LogP contribution in [-0.4, -0.2) is 72.8 Å². The van der Waals surface area contributed by atoms with Crippen molar-refractivity contribution in [2.75, 3.05) is 32.9 Å². The van der Waals surface area contributed by atoms with Gasteiger partial charge in [-0.3, -0.25) is 4.79 Å². The van der Waals surface area contributed by atoms with Crippen LogP contribution < -0.4 is 0 Å². The second-order valence-corrected chi connectivity index (χ2v) is 8.42. The van der Waals surface area contributed by atoms with Crippen LogP contribution in [0.3, 0.4) is 0 Å². The minimum Gasteiger partial charge on any atom is -0.391 e. The topological polar surface area (TPSA) is 104 Å². The van der Waals surface area contributed by atoms with Crippen LogP contribution >= 0.6 is 11.6 Å². The number of hydrogen-bond acceptors (Lipinski definition) is 6. The Balaban J connectivity index is 1.88. The first-order valence-electron chi connectivity index (χ1n) is 7.16. The molecule has 0 spiro atoms. The largest absolute Gasteiger partial charge is 0.391 e. The Morgan fingerprint density at radius 1 is 1.52 bits per heavy atom. The first-order valence-corrected chi connectivity index (χ1v) is 9.15. The van der Waals surface area contributed by atoms with Crippen LogP contribution in [0.25, 0.3) is 0 Å². The molecule has 0 saturated carbocycles. The van der Waals surface area contributed by atoms with E-state index in [2.05, 4.69) is 5.16 Å². The number of likely N-dealkylation sites (tertiary alicyclic amines) is 1. The zero-order chi connectivity index (χ0) is 17.2. The van der Waals surface area contributed by atoms with Crippen molar-refractivity contribution in [3.63, 3.8) is 0 Å². The van der Waals surface area contributed by atoms with Gasteiger partial charge in [-0.25, -0.2) is 12.7 Å². The van der Waals surface area contributed by atoms with Crippen LogP contribution in [0.1, 0.15) is 12.2 Å². The molecule has 1 amide bonds. The van der Waals surface area contributed by atoms with Crippen LogP contribution in [0.5, 0.6) is 0 Å². The number of aliphatic hydroxyl groups is 1. The molecule has 1 aliphatic heterocycles. The number of β-amino-alcohol motifs (C(OH)–C–C–N with tert-alkyl or cyclic N) is 1. The van der Waals surface area contributed by atoms with Crippen molar-refractivity contribution in [1.82, 2.24) is 14.4 Å². The van der Waals surface area contributed by atoms with E-state index in [1.807, 2.05) is 0 Å². The van der Waals surface area contributed by atoms with Crippen LogP contribution in [0.4, 0.5) is 0 Å². The van der Waals surface area contributed by atoms with Gasteiger partial charge in [0.2, 0.25) is 15.9 Å². The number of carbonyl (C=O) groups excluding carboxylic acids is 1. The highest BCUT2D eigenvalue weighted by Crippen LogP contribution is 2.21. The Hall–Kier alpha value is -1.16. The van der Waals surface area contributed by atoms with Crippen LogP contribution in [0.2, 0.25) is 5.15 Å². The summed E-state index contributed by atoms with van der Waals surface area (Å²) >= 11 is 5.63. The number of aliphatic hydroxyl groups excluding tert-OH is 1. The van der Waals surface area contributed by atoms with Gasteiger partial charge in [0.25, 0.3) is 0 Å². The van der Waals surface area contributed by atoms with E-state index in [-0.39, 0.29) is 36.3 Å². The molecule has 8 nitrogen and oxygen atoms in total. The molecule has 2 atom stereocenters. The summed E-state index contributed by atoms with van der Waals surface area (Å²) in [5.74, 6) is -0.315. The summed E-state index contributed by atoms with van der Waals surface area (Å²) in [6, 6.07) is 1.54. The van der Waals surface area contributed by atoms with E-state index >= 15 is 0 Å². The number of rotatable bonds is 6. The lowest BCUT2D eigenvalue weighted by molar-refractivity contribution is -0.130. The van der Waals surface area contributed by atoms with Crippen molar-refractivity contribution in [3.05, 3.63) is 17.0 Å². The average molecular weight is 366 g/mol. The van der Waals surface area contributed by atoms with E-state index in [4.69, 9.17) is 16.1 Å². The molecule has 1 saturated heterocycles. The zero-order valence-corrected chi connectivity index (χ0v) is 14.5. The summed E-state index contributed by atoms with van der Waals surface area (Å²) in [4.78, 5) is 13.7. The number of sulfonamides is 1. The fraction of sp³-hybridized carbons (Fsp3) is 0.692. The number of nitrogens with zero attached hydrogens (tertiary/aromatic N) is 3. The number of hydrogen-bond donors (Lipinski definition) is 1. The quantitative estimate of drug-likeness (QED) is 0.759. The molecule has 0 radical (unpaired) electrons. The molecule has 1 aromatic heterocycles. The summed E-state index contributed by atoms with van der Waals surface area (Å²) in [5.41, 5.74) is 0. The number of amides is 1. The Morgan fingerprint density at radius 2 is 2.22 bits per heavy atom. The Kier molecular flexibility index (Phi) is 5.66.